The summed E-state index contributed by atoms with van der Waals surface area (Å²) in [6.45, 7) is 0. The average Bonchev–Trinajstić information content (AvgIpc) is 2.75. The molecule has 98 valence electrons. The molecule has 0 aliphatic rings. The molecule has 0 saturated carbocycles. The van der Waals surface area contributed by atoms with E-state index in [1.165, 1.54) is 18.2 Å². The zero-order valence-electron chi connectivity index (χ0n) is 9.16. The second-order valence-corrected chi connectivity index (χ2v) is 3.78. The van der Waals surface area contributed by atoms with Crippen molar-refractivity contribution < 1.29 is 14.3 Å². The minimum absolute atomic E-state index is 0.103. The molecule has 1 amide bonds. The fraction of sp³-hybridized carbons (Fsp3) is 0. The fourth-order valence-corrected chi connectivity index (χ4v) is 1.53. The number of carbonyl (C=O) groups is 1. The van der Waals surface area contributed by atoms with Crippen LogP contribution in [0.2, 0.25) is 5.02 Å². The lowest BCUT2D eigenvalue weighted by atomic mass is 10.2. The molecule has 1 heterocycles. The Labute approximate surface area is 110 Å². The molecule has 9 nitrogen and oxygen atoms in total. The van der Waals surface area contributed by atoms with Crippen LogP contribution in [0.15, 0.2) is 22.8 Å². The highest BCUT2D eigenvalue weighted by molar-refractivity contribution is 6.33. The molecule has 10 heteroatoms. The van der Waals surface area contributed by atoms with Gasteiger partial charge < -0.3 is 11.1 Å². The third kappa shape index (κ3) is 2.60. The molecular weight excluding hydrogens is 278 g/mol. The van der Waals surface area contributed by atoms with Gasteiger partial charge >= 0.3 is 0 Å². The summed E-state index contributed by atoms with van der Waals surface area (Å²) in [6, 6.07) is 3.73. The molecule has 2 rings (SSSR count). The summed E-state index contributed by atoms with van der Waals surface area (Å²) >= 11 is 5.70. The number of nitrogens with two attached hydrogens (primary N) is 1. The highest BCUT2D eigenvalue weighted by atomic mass is 35.5. The summed E-state index contributed by atoms with van der Waals surface area (Å²) in [5, 5.41) is 19.4. The summed E-state index contributed by atoms with van der Waals surface area (Å²) in [5.41, 5.74) is 5.15. The predicted molar refractivity (Wildman–Crippen MR) is 64.8 cm³/mol. The first kappa shape index (κ1) is 12.8. The number of hydrogen-bond donors (Lipinski definition) is 2. The van der Waals surface area contributed by atoms with Gasteiger partial charge in [-0.3, -0.25) is 14.9 Å². The zero-order chi connectivity index (χ0) is 14.0. The smallest absolute Gasteiger partial charge is 0.288 e. The van der Waals surface area contributed by atoms with Crippen LogP contribution < -0.4 is 11.1 Å². The van der Waals surface area contributed by atoms with Gasteiger partial charge in [0.25, 0.3) is 11.6 Å². The van der Waals surface area contributed by atoms with Gasteiger partial charge in [0.05, 0.1) is 4.92 Å². The van der Waals surface area contributed by atoms with Gasteiger partial charge in [0.15, 0.2) is 0 Å². The van der Waals surface area contributed by atoms with E-state index in [1.54, 1.807) is 0 Å². The molecule has 0 radical (unpaired) electrons. The quantitative estimate of drug-likeness (QED) is 0.642. The lowest BCUT2D eigenvalue weighted by Crippen LogP contribution is -2.14. The van der Waals surface area contributed by atoms with Gasteiger partial charge in [0.1, 0.15) is 5.02 Å². The summed E-state index contributed by atoms with van der Waals surface area (Å²) in [5.74, 6) is -0.825. The van der Waals surface area contributed by atoms with E-state index in [4.69, 9.17) is 17.3 Å². The Kier molecular flexibility index (Phi) is 3.29. The maximum Gasteiger partial charge on any atom is 0.288 e. The van der Waals surface area contributed by atoms with Crippen LogP contribution in [0.4, 0.5) is 17.2 Å². The Hall–Kier alpha value is -2.68. The number of anilines is 2. The first-order chi connectivity index (χ1) is 8.99. The predicted octanol–water partition coefficient (Wildman–Crippen LogP) is 1.47. The van der Waals surface area contributed by atoms with Crippen LogP contribution in [0.25, 0.3) is 0 Å². The molecule has 19 heavy (non-hydrogen) atoms. The van der Waals surface area contributed by atoms with E-state index < -0.39 is 10.8 Å². The summed E-state index contributed by atoms with van der Waals surface area (Å²) in [7, 11) is 0. The summed E-state index contributed by atoms with van der Waals surface area (Å²) in [4.78, 5) is 21.6. The van der Waals surface area contributed by atoms with Gasteiger partial charge in [-0.25, -0.2) is 4.63 Å². The Morgan fingerprint density at radius 1 is 1.47 bits per heavy atom. The minimum atomic E-state index is -0.663. The van der Waals surface area contributed by atoms with Gasteiger partial charge in [0.2, 0.25) is 11.5 Å². The van der Waals surface area contributed by atoms with Crippen LogP contribution in [0.5, 0.6) is 0 Å². The molecule has 0 atom stereocenters. The molecule has 1 aromatic heterocycles. The van der Waals surface area contributed by atoms with Gasteiger partial charge in [-0.05, 0) is 22.4 Å². The van der Waals surface area contributed by atoms with Gasteiger partial charge in [-0.1, -0.05) is 11.6 Å². The summed E-state index contributed by atoms with van der Waals surface area (Å²) in [6.07, 6.45) is 0. The van der Waals surface area contributed by atoms with Crippen LogP contribution in [-0.2, 0) is 0 Å². The van der Waals surface area contributed by atoms with E-state index in [1.807, 2.05) is 0 Å². The van der Waals surface area contributed by atoms with Gasteiger partial charge in [-0.2, -0.15) is 0 Å². The second kappa shape index (κ2) is 4.90. The molecule has 1 aromatic carbocycles. The van der Waals surface area contributed by atoms with Crippen molar-refractivity contribution in [2.75, 3.05) is 11.1 Å². The highest BCUT2D eigenvalue weighted by Gasteiger charge is 2.18. The molecule has 0 aliphatic carbocycles. The van der Waals surface area contributed by atoms with Crippen molar-refractivity contribution in [1.82, 2.24) is 10.3 Å². The Balaban J connectivity index is 2.21. The van der Waals surface area contributed by atoms with E-state index in [0.29, 0.717) is 0 Å². The number of carbonyl (C=O) groups excluding carboxylic acids is 1. The van der Waals surface area contributed by atoms with E-state index in [-0.39, 0.29) is 27.9 Å². The SMILES string of the molecule is Nc1nonc1C(=O)Nc1ccc([N+](=O)[O-])c(Cl)c1. The normalized spacial score (nSPS) is 10.2. The monoisotopic (exact) mass is 283 g/mol. The minimum Gasteiger partial charge on any atom is -0.379 e. The standard InChI is InChI=1S/C9H6ClN5O4/c10-5-3-4(1-2-6(5)15(17)18)12-9(16)7-8(11)14-19-13-7/h1-3H,(H2,11,14)(H,12,16). The second-order valence-electron chi connectivity index (χ2n) is 3.38. The fourth-order valence-electron chi connectivity index (χ4n) is 1.28. The van der Waals surface area contributed by atoms with E-state index in [0.717, 1.165) is 0 Å². The summed E-state index contributed by atoms with van der Waals surface area (Å²) < 4.78 is 4.28. The number of hydrogen-bond acceptors (Lipinski definition) is 7. The number of halogens is 1. The van der Waals surface area contributed by atoms with Crippen LogP contribution in [0, 0.1) is 10.1 Å². The Morgan fingerprint density at radius 3 is 2.74 bits per heavy atom. The number of nitrogen functional groups attached to an aromatic ring is 1. The number of nitro groups is 1. The van der Waals surface area contributed by atoms with E-state index in [9.17, 15) is 14.9 Å². The number of nitrogens with zero attached hydrogens (tertiary/aromatic N) is 3. The van der Waals surface area contributed by atoms with Crippen LogP contribution in [0.3, 0.4) is 0 Å². The number of aromatic nitrogens is 2. The van der Waals surface area contributed by atoms with Crippen molar-refractivity contribution in [3.63, 3.8) is 0 Å². The molecular formula is C9H6ClN5O4. The number of nitro benzene ring substituents is 1. The van der Waals surface area contributed by atoms with Gasteiger partial charge in [-0.15, -0.1) is 0 Å². The number of benzene rings is 1. The van der Waals surface area contributed by atoms with Crippen molar-refractivity contribution in [2.24, 2.45) is 0 Å². The maximum atomic E-state index is 11.7. The molecule has 0 fully saturated rings. The average molecular weight is 284 g/mol. The van der Waals surface area contributed by atoms with Crippen molar-refractivity contribution in [1.29, 1.82) is 0 Å². The lowest BCUT2D eigenvalue weighted by Gasteiger charge is -2.03. The molecule has 0 unspecified atom stereocenters. The van der Waals surface area contributed by atoms with E-state index >= 15 is 0 Å². The van der Waals surface area contributed by atoms with Crippen molar-refractivity contribution in [3.05, 3.63) is 39.0 Å². The van der Waals surface area contributed by atoms with Gasteiger partial charge in [0, 0.05) is 11.8 Å². The van der Waals surface area contributed by atoms with Crippen LogP contribution in [-0.4, -0.2) is 21.1 Å². The topological polar surface area (TPSA) is 137 Å². The third-order valence-corrected chi connectivity index (χ3v) is 2.43. The third-order valence-electron chi connectivity index (χ3n) is 2.13. The first-order valence-electron chi connectivity index (χ1n) is 4.82. The number of nitrogens with one attached hydrogen (secondary N) is 1. The molecule has 0 saturated heterocycles. The Morgan fingerprint density at radius 2 is 2.21 bits per heavy atom. The lowest BCUT2D eigenvalue weighted by molar-refractivity contribution is -0.384. The van der Waals surface area contributed by atoms with Crippen molar-refractivity contribution in [3.8, 4) is 0 Å². The largest absolute Gasteiger partial charge is 0.379 e. The molecule has 0 bridgehead atoms. The molecule has 0 spiro atoms. The van der Waals surface area contributed by atoms with Crippen LogP contribution in [0.1, 0.15) is 10.5 Å². The Bertz CT molecular complexity index is 656. The zero-order valence-corrected chi connectivity index (χ0v) is 9.92. The molecule has 3 N–H and O–H groups in total. The maximum absolute atomic E-state index is 11.7. The first-order valence-corrected chi connectivity index (χ1v) is 5.20. The number of amides is 1. The molecule has 2 aromatic rings. The van der Waals surface area contributed by atoms with E-state index in [2.05, 4.69) is 20.3 Å². The van der Waals surface area contributed by atoms with Crippen LogP contribution >= 0.6 is 11.6 Å². The van der Waals surface area contributed by atoms with Crippen molar-refractivity contribution in [2.45, 2.75) is 0 Å². The highest BCUT2D eigenvalue weighted by Crippen LogP contribution is 2.27. The number of rotatable bonds is 3. The van der Waals surface area contributed by atoms with Crippen molar-refractivity contribution >= 4 is 34.7 Å². The molecule has 0 aliphatic heterocycles.